The highest BCUT2D eigenvalue weighted by atomic mass is 16.2. The Labute approximate surface area is 145 Å². The largest absolute Gasteiger partial charge is 0.336 e. The fourth-order valence-corrected chi connectivity index (χ4v) is 6.15. The number of anilines is 1. The molecule has 5 rings (SSSR count). The van der Waals surface area contributed by atoms with E-state index in [1.165, 1.54) is 38.5 Å². The third-order valence-electron chi connectivity index (χ3n) is 6.93. The molecule has 130 valence electrons. The van der Waals surface area contributed by atoms with Gasteiger partial charge in [0.15, 0.2) is 6.04 Å². The average Bonchev–Trinajstić information content (AvgIpc) is 2.58. The predicted octanol–water partition coefficient (Wildman–Crippen LogP) is 2.82. The quantitative estimate of drug-likeness (QED) is 0.887. The number of benzene rings is 1. The molecular weight excluding hydrogens is 296 g/mol. The summed E-state index contributed by atoms with van der Waals surface area (Å²) >= 11 is 0. The lowest BCUT2D eigenvalue weighted by Gasteiger charge is -2.56. The van der Waals surface area contributed by atoms with Gasteiger partial charge in [-0.3, -0.25) is 4.79 Å². The highest BCUT2D eigenvalue weighted by Gasteiger charge is 2.52. The molecule has 1 amide bonds. The van der Waals surface area contributed by atoms with Gasteiger partial charge in [0.25, 0.3) is 5.91 Å². The van der Waals surface area contributed by atoms with Crippen molar-refractivity contribution < 1.29 is 10.1 Å². The topological polar surface area (TPSA) is 36.9 Å². The van der Waals surface area contributed by atoms with E-state index in [1.807, 2.05) is 37.4 Å². The Bertz CT molecular complexity index is 562. The standard InChI is InChI=1S/C21H30N2O/c1-15(20(24)23(2)19-6-4-3-5-7-19)22-14-21-11-16-8-17(12-21)10-18(9-16)13-21/h3-7,15-18,22H,8-14H2,1-2H3/p+1/t15-,16?,17?,18?,21?/m0/s1. The number of carbonyl (C=O) groups is 1. The van der Waals surface area contributed by atoms with Crippen molar-refractivity contribution in [2.24, 2.45) is 23.2 Å². The van der Waals surface area contributed by atoms with Crippen molar-refractivity contribution in [1.29, 1.82) is 0 Å². The third kappa shape index (κ3) is 2.99. The number of para-hydroxylation sites is 1. The molecular formula is C21H31N2O+. The smallest absolute Gasteiger partial charge is 0.284 e. The van der Waals surface area contributed by atoms with Crippen LogP contribution >= 0.6 is 0 Å². The zero-order chi connectivity index (χ0) is 16.7. The van der Waals surface area contributed by atoms with E-state index in [-0.39, 0.29) is 11.9 Å². The van der Waals surface area contributed by atoms with Gasteiger partial charge in [-0.05, 0) is 75.3 Å². The summed E-state index contributed by atoms with van der Waals surface area (Å²) in [5.74, 6) is 3.18. The molecule has 2 N–H and O–H groups in total. The summed E-state index contributed by atoms with van der Waals surface area (Å²) in [4.78, 5) is 14.6. The molecule has 4 aliphatic rings. The molecule has 24 heavy (non-hydrogen) atoms. The van der Waals surface area contributed by atoms with Gasteiger partial charge in [-0.15, -0.1) is 0 Å². The molecule has 4 fully saturated rings. The van der Waals surface area contributed by atoms with E-state index in [4.69, 9.17) is 0 Å². The number of hydrogen-bond acceptors (Lipinski definition) is 1. The number of carbonyl (C=O) groups excluding carboxylic acids is 1. The number of nitrogens with zero attached hydrogens (tertiary/aromatic N) is 1. The summed E-state index contributed by atoms with van der Waals surface area (Å²) in [5.41, 5.74) is 1.52. The van der Waals surface area contributed by atoms with Gasteiger partial charge in [-0.25, -0.2) is 0 Å². The number of quaternary nitrogens is 1. The molecule has 0 unspecified atom stereocenters. The van der Waals surface area contributed by atoms with Crippen molar-refractivity contribution in [3.8, 4) is 0 Å². The molecule has 0 spiro atoms. The van der Waals surface area contributed by atoms with Gasteiger partial charge < -0.3 is 10.2 Å². The van der Waals surface area contributed by atoms with Gasteiger partial charge in [0.1, 0.15) is 0 Å². The Morgan fingerprint density at radius 1 is 1.12 bits per heavy atom. The van der Waals surface area contributed by atoms with E-state index in [9.17, 15) is 4.79 Å². The Kier molecular flexibility index (Phi) is 4.16. The van der Waals surface area contributed by atoms with Crippen LogP contribution in [0.2, 0.25) is 0 Å². The number of nitrogens with two attached hydrogens (primary N) is 1. The lowest BCUT2D eigenvalue weighted by Crippen LogP contribution is -2.94. The van der Waals surface area contributed by atoms with Crippen molar-refractivity contribution in [1.82, 2.24) is 0 Å². The molecule has 4 aliphatic carbocycles. The highest BCUT2D eigenvalue weighted by Crippen LogP contribution is 2.59. The Morgan fingerprint density at radius 3 is 2.21 bits per heavy atom. The molecule has 1 aromatic carbocycles. The van der Waals surface area contributed by atoms with E-state index < -0.39 is 0 Å². The van der Waals surface area contributed by atoms with Gasteiger partial charge in [-0.1, -0.05) is 18.2 Å². The van der Waals surface area contributed by atoms with Crippen LogP contribution in [-0.4, -0.2) is 25.5 Å². The first-order valence-corrected chi connectivity index (χ1v) is 9.71. The summed E-state index contributed by atoms with van der Waals surface area (Å²) in [6, 6.07) is 9.98. The van der Waals surface area contributed by atoms with E-state index >= 15 is 0 Å². The lowest BCUT2D eigenvalue weighted by atomic mass is 9.49. The van der Waals surface area contributed by atoms with Crippen LogP contribution in [0.5, 0.6) is 0 Å². The maximum atomic E-state index is 12.8. The minimum atomic E-state index is 0.00297. The van der Waals surface area contributed by atoms with E-state index in [2.05, 4.69) is 12.2 Å². The van der Waals surface area contributed by atoms with E-state index in [0.717, 1.165) is 30.0 Å². The SMILES string of the molecule is C[C@H]([NH2+]CC12CC3CC(CC(C3)C1)C2)C(=O)N(C)c1ccccc1. The monoisotopic (exact) mass is 327 g/mol. The van der Waals surface area contributed by atoms with Crippen LogP contribution in [0.25, 0.3) is 0 Å². The van der Waals surface area contributed by atoms with Crippen molar-refractivity contribution >= 4 is 11.6 Å². The molecule has 1 aromatic rings. The molecule has 0 aliphatic heterocycles. The van der Waals surface area contributed by atoms with Crippen LogP contribution in [0, 0.1) is 23.2 Å². The van der Waals surface area contributed by atoms with E-state index in [1.54, 1.807) is 4.90 Å². The normalized spacial score (nSPS) is 35.0. The first-order chi connectivity index (χ1) is 11.5. The number of hydrogen-bond donors (Lipinski definition) is 1. The third-order valence-corrected chi connectivity index (χ3v) is 6.93. The van der Waals surface area contributed by atoms with Gasteiger partial charge >= 0.3 is 0 Å². The maximum Gasteiger partial charge on any atom is 0.284 e. The molecule has 3 heteroatoms. The highest BCUT2D eigenvalue weighted by molar-refractivity contribution is 5.95. The van der Waals surface area contributed by atoms with Crippen LogP contribution < -0.4 is 10.2 Å². The second-order valence-electron chi connectivity index (χ2n) is 8.88. The first-order valence-electron chi connectivity index (χ1n) is 9.71. The summed E-state index contributed by atoms with van der Waals surface area (Å²) in [6.07, 6.45) is 8.74. The number of likely N-dealkylation sites (N-methyl/N-ethyl adjacent to an activating group) is 1. The summed E-state index contributed by atoms with van der Waals surface area (Å²) in [7, 11) is 1.90. The summed E-state index contributed by atoms with van der Waals surface area (Å²) < 4.78 is 0. The van der Waals surface area contributed by atoms with Gasteiger partial charge in [-0.2, -0.15) is 0 Å². The Hall–Kier alpha value is -1.35. The average molecular weight is 327 g/mol. The first kappa shape index (κ1) is 16.1. The second kappa shape index (κ2) is 6.18. The summed E-state index contributed by atoms with van der Waals surface area (Å²) in [5, 5.41) is 2.33. The van der Waals surface area contributed by atoms with Crippen LogP contribution in [-0.2, 0) is 4.79 Å². The van der Waals surface area contributed by atoms with Crippen molar-refractivity contribution in [2.45, 2.75) is 51.5 Å². The zero-order valence-electron chi connectivity index (χ0n) is 15.1. The zero-order valence-corrected chi connectivity index (χ0v) is 15.1. The van der Waals surface area contributed by atoms with Gasteiger partial charge in [0, 0.05) is 18.2 Å². The van der Waals surface area contributed by atoms with Crippen LogP contribution in [0.4, 0.5) is 5.69 Å². The van der Waals surface area contributed by atoms with Crippen molar-refractivity contribution in [3.05, 3.63) is 30.3 Å². The molecule has 4 saturated carbocycles. The fraction of sp³-hybridized carbons (Fsp3) is 0.667. The fourth-order valence-electron chi connectivity index (χ4n) is 6.15. The molecule has 0 aromatic heterocycles. The summed E-state index contributed by atoms with van der Waals surface area (Å²) in [6.45, 7) is 3.22. The maximum absolute atomic E-state index is 12.8. The number of amides is 1. The van der Waals surface area contributed by atoms with Crippen LogP contribution in [0.1, 0.15) is 45.4 Å². The van der Waals surface area contributed by atoms with Crippen molar-refractivity contribution in [2.75, 3.05) is 18.5 Å². The van der Waals surface area contributed by atoms with E-state index in [0.29, 0.717) is 5.41 Å². The molecule has 0 radical (unpaired) electrons. The van der Waals surface area contributed by atoms with Gasteiger partial charge in [0.05, 0.1) is 6.54 Å². The molecule has 3 nitrogen and oxygen atoms in total. The molecule has 1 atom stereocenters. The Balaban J connectivity index is 1.36. The predicted molar refractivity (Wildman–Crippen MR) is 96.7 cm³/mol. The van der Waals surface area contributed by atoms with Gasteiger partial charge in [0.2, 0.25) is 0 Å². The lowest BCUT2D eigenvalue weighted by molar-refractivity contribution is -0.686. The van der Waals surface area contributed by atoms with Crippen LogP contribution in [0.15, 0.2) is 30.3 Å². The Morgan fingerprint density at radius 2 is 1.67 bits per heavy atom. The minimum absolute atomic E-state index is 0.00297. The molecule has 0 heterocycles. The second-order valence-corrected chi connectivity index (χ2v) is 8.88. The minimum Gasteiger partial charge on any atom is -0.336 e. The number of rotatable bonds is 5. The van der Waals surface area contributed by atoms with Crippen LogP contribution in [0.3, 0.4) is 0 Å². The van der Waals surface area contributed by atoms with Crippen molar-refractivity contribution in [3.63, 3.8) is 0 Å². The molecule has 4 bridgehead atoms. The molecule has 0 saturated heterocycles.